The molecule has 0 spiro atoms. The van der Waals surface area contributed by atoms with Crippen molar-refractivity contribution in [3.05, 3.63) is 17.7 Å². The molecule has 0 aromatic heterocycles. The second kappa shape index (κ2) is 4.52. The van der Waals surface area contributed by atoms with E-state index in [1.54, 1.807) is 0 Å². The average Bonchev–Trinajstić information content (AvgIpc) is 2.28. The molecule has 0 aliphatic rings. The minimum atomic E-state index is -0.716. The van der Waals surface area contributed by atoms with Crippen LogP contribution in [0.3, 0.4) is 0 Å². The van der Waals surface area contributed by atoms with Gasteiger partial charge in [-0.1, -0.05) is 0 Å². The molecule has 0 unspecified atom stereocenters. The van der Waals surface area contributed by atoms with E-state index in [9.17, 15) is 9.90 Å². The lowest BCUT2D eigenvalue weighted by Crippen LogP contribution is -2.18. The number of hydroxylamine groups is 1. The number of hydrogen-bond donors (Lipinski definition) is 3. The summed E-state index contributed by atoms with van der Waals surface area (Å²) in [4.78, 5) is 11.1. The SMILES string of the molecule is COc1cc(C(=O)NO)cc(OC)c1O. The van der Waals surface area contributed by atoms with E-state index in [2.05, 4.69) is 0 Å². The molecule has 6 nitrogen and oxygen atoms in total. The lowest BCUT2D eigenvalue weighted by molar-refractivity contribution is 0.0705. The van der Waals surface area contributed by atoms with Crippen LogP contribution in [0.4, 0.5) is 0 Å². The van der Waals surface area contributed by atoms with E-state index < -0.39 is 5.91 Å². The summed E-state index contributed by atoms with van der Waals surface area (Å²) in [5.41, 5.74) is 1.59. The molecular weight excluding hydrogens is 202 g/mol. The van der Waals surface area contributed by atoms with Crippen molar-refractivity contribution in [2.75, 3.05) is 14.2 Å². The molecule has 1 aromatic carbocycles. The van der Waals surface area contributed by atoms with Gasteiger partial charge in [-0.3, -0.25) is 10.0 Å². The van der Waals surface area contributed by atoms with Crippen LogP contribution in [-0.4, -0.2) is 30.4 Å². The third-order valence-corrected chi connectivity index (χ3v) is 1.84. The summed E-state index contributed by atoms with van der Waals surface area (Å²) in [5.74, 6) is -0.734. The number of benzene rings is 1. The number of phenolic OH excluding ortho intramolecular Hbond substituents is 1. The van der Waals surface area contributed by atoms with E-state index in [1.165, 1.54) is 31.8 Å². The molecule has 82 valence electrons. The molecule has 15 heavy (non-hydrogen) atoms. The van der Waals surface area contributed by atoms with Crippen molar-refractivity contribution in [3.8, 4) is 17.2 Å². The second-order valence-corrected chi connectivity index (χ2v) is 2.67. The van der Waals surface area contributed by atoms with Crippen LogP contribution in [0, 0.1) is 0 Å². The first kappa shape index (κ1) is 11.1. The quantitative estimate of drug-likeness (QED) is 0.503. The maximum atomic E-state index is 11.1. The third kappa shape index (κ3) is 2.10. The largest absolute Gasteiger partial charge is 0.502 e. The standard InChI is InChI=1S/C9H11NO5/c1-14-6-3-5(9(12)10-13)4-7(15-2)8(6)11/h3-4,11,13H,1-2H3,(H,10,12). The van der Waals surface area contributed by atoms with Gasteiger partial charge >= 0.3 is 0 Å². The Kier molecular flexibility index (Phi) is 3.35. The van der Waals surface area contributed by atoms with Crippen LogP contribution in [0.25, 0.3) is 0 Å². The number of rotatable bonds is 3. The smallest absolute Gasteiger partial charge is 0.274 e. The van der Waals surface area contributed by atoms with Crippen molar-refractivity contribution < 1.29 is 24.6 Å². The van der Waals surface area contributed by atoms with Gasteiger partial charge in [-0.25, -0.2) is 5.48 Å². The molecule has 1 amide bonds. The Morgan fingerprint density at radius 3 is 2.07 bits per heavy atom. The number of nitrogens with one attached hydrogen (secondary N) is 1. The number of phenols is 1. The maximum Gasteiger partial charge on any atom is 0.274 e. The van der Waals surface area contributed by atoms with Crippen LogP contribution >= 0.6 is 0 Å². The van der Waals surface area contributed by atoms with E-state index in [4.69, 9.17) is 14.7 Å². The molecule has 0 saturated carbocycles. The van der Waals surface area contributed by atoms with Gasteiger partial charge in [0.05, 0.1) is 14.2 Å². The summed E-state index contributed by atoms with van der Waals surface area (Å²) in [5, 5.41) is 18.0. The van der Waals surface area contributed by atoms with Crippen molar-refractivity contribution in [2.45, 2.75) is 0 Å². The summed E-state index contributed by atoms with van der Waals surface area (Å²) in [7, 11) is 2.68. The fourth-order valence-corrected chi connectivity index (χ4v) is 1.09. The lowest BCUT2D eigenvalue weighted by Gasteiger charge is -2.09. The summed E-state index contributed by atoms with van der Waals surface area (Å²) in [6, 6.07) is 2.56. The Morgan fingerprint density at radius 1 is 1.27 bits per heavy atom. The number of ether oxygens (including phenoxy) is 2. The number of hydrogen-bond acceptors (Lipinski definition) is 5. The fraction of sp³-hybridized carbons (Fsp3) is 0.222. The Hall–Kier alpha value is -1.95. The van der Waals surface area contributed by atoms with Gasteiger partial charge in [0, 0.05) is 5.56 Å². The minimum Gasteiger partial charge on any atom is -0.502 e. The van der Waals surface area contributed by atoms with Gasteiger partial charge < -0.3 is 14.6 Å². The number of methoxy groups -OCH3 is 2. The summed E-state index contributed by atoms with van der Waals surface area (Å²) >= 11 is 0. The van der Waals surface area contributed by atoms with Crippen molar-refractivity contribution >= 4 is 5.91 Å². The van der Waals surface area contributed by atoms with Crippen molar-refractivity contribution in [3.63, 3.8) is 0 Å². The third-order valence-electron chi connectivity index (χ3n) is 1.84. The number of amides is 1. The second-order valence-electron chi connectivity index (χ2n) is 2.67. The Balaban J connectivity index is 3.26. The number of carbonyl (C=O) groups excluding carboxylic acids is 1. The predicted molar refractivity (Wildman–Crippen MR) is 50.5 cm³/mol. The van der Waals surface area contributed by atoms with Gasteiger partial charge in [0.15, 0.2) is 11.5 Å². The van der Waals surface area contributed by atoms with Crippen molar-refractivity contribution in [2.24, 2.45) is 0 Å². The molecule has 0 atom stereocenters. The zero-order valence-electron chi connectivity index (χ0n) is 8.27. The highest BCUT2D eigenvalue weighted by atomic mass is 16.5. The highest BCUT2D eigenvalue weighted by molar-refractivity contribution is 5.94. The van der Waals surface area contributed by atoms with Crippen molar-refractivity contribution in [1.29, 1.82) is 0 Å². The van der Waals surface area contributed by atoms with E-state index in [1.807, 2.05) is 0 Å². The predicted octanol–water partition coefficient (Wildman–Crippen LogP) is 0.528. The van der Waals surface area contributed by atoms with Crippen molar-refractivity contribution in [1.82, 2.24) is 5.48 Å². The van der Waals surface area contributed by atoms with E-state index >= 15 is 0 Å². The van der Waals surface area contributed by atoms with E-state index in [0.29, 0.717) is 0 Å². The van der Waals surface area contributed by atoms with Gasteiger partial charge in [-0.05, 0) is 12.1 Å². The Labute approximate surface area is 86.0 Å². The Bertz CT molecular complexity index is 352. The van der Waals surface area contributed by atoms with Crippen LogP contribution in [0.15, 0.2) is 12.1 Å². The van der Waals surface area contributed by atoms with Gasteiger partial charge in [0.1, 0.15) is 0 Å². The monoisotopic (exact) mass is 213 g/mol. The number of carbonyl (C=O) groups is 1. The number of aromatic hydroxyl groups is 1. The van der Waals surface area contributed by atoms with Crippen LogP contribution in [0.5, 0.6) is 17.2 Å². The van der Waals surface area contributed by atoms with Gasteiger partial charge in [-0.15, -0.1) is 0 Å². The molecule has 1 aromatic rings. The highest BCUT2D eigenvalue weighted by Gasteiger charge is 2.14. The average molecular weight is 213 g/mol. The summed E-state index contributed by atoms with van der Waals surface area (Å²) < 4.78 is 9.66. The molecule has 1 rings (SSSR count). The zero-order valence-corrected chi connectivity index (χ0v) is 8.27. The normalized spacial score (nSPS) is 9.53. The van der Waals surface area contributed by atoms with Crippen LogP contribution < -0.4 is 15.0 Å². The zero-order chi connectivity index (χ0) is 11.4. The topological polar surface area (TPSA) is 88.0 Å². The molecule has 0 heterocycles. The highest BCUT2D eigenvalue weighted by Crippen LogP contribution is 2.36. The minimum absolute atomic E-state index is 0.0907. The molecule has 0 aliphatic heterocycles. The molecule has 6 heteroatoms. The van der Waals surface area contributed by atoms with Gasteiger partial charge in [0.2, 0.25) is 5.75 Å². The van der Waals surface area contributed by atoms with E-state index in [-0.39, 0.29) is 22.8 Å². The Morgan fingerprint density at radius 2 is 1.73 bits per heavy atom. The molecule has 3 N–H and O–H groups in total. The molecule has 0 fully saturated rings. The first-order chi connectivity index (χ1) is 7.13. The van der Waals surface area contributed by atoms with E-state index in [0.717, 1.165) is 0 Å². The summed E-state index contributed by atoms with van der Waals surface area (Å²) in [6.07, 6.45) is 0. The van der Waals surface area contributed by atoms with Crippen LogP contribution in [0.1, 0.15) is 10.4 Å². The molecule has 0 saturated heterocycles. The molecular formula is C9H11NO5. The molecule has 0 aliphatic carbocycles. The van der Waals surface area contributed by atoms with Gasteiger partial charge in [0.25, 0.3) is 5.91 Å². The van der Waals surface area contributed by atoms with Gasteiger partial charge in [-0.2, -0.15) is 0 Å². The lowest BCUT2D eigenvalue weighted by atomic mass is 10.1. The fourth-order valence-electron chi connectivity index (χ4n) is 1.09. The maximum absolute atomic E-state index is 11.1. The van der Waals surface area contributed by atoms with Crippen LogP contribution in [-0.2, 0) is 0 Å². The first-order valence-electron chi connectivity index (χ1n) is 4.03. The molecule has 0 radical (unpaired) electrons. The van der Waals surface area contributed by atoms with Crippen LogP contribution in [0.2, 0.25) is 0 Å². The molecule has 0 bridgehead atoms. The summed E-state index contributed by atoms with van der Waals surface area (Å²) in [6.45, 7) is 0. The first-order valence-corrected chi connectivity index (χ1v) is 4.03.